The fraction of sp³-hybridized carbons (Fsp3) is 0.159. The van der Waals surface area contributed by atoms with Gasteiger partial charge in [0.2, 0.25) is 5.91 Å². The van der Waals surface area contributed by atoms with Crippen molar-refractivity contribution in [2.45, 2.75) is 47.9 Å². The van der Waals surface area contributed by atoms with Crippen LogP contribution in [0.3, 0.4) is 0 Å². The number of carbonyl (C=O) groups is 4. The maximum Gasteiger partial charge on any atom is 0.410 e. The second-order valence-electron chi connectivity index (χ2n) is 20.5. The highest BCUT2D eigenvalue weighted by atomic mass is 32.2. The van der Waals surface area contributed by atoms with Gasteiger partial charge in [0, 0.05) is 35.5 Å². The molecule has 0 radical (unpaired) electrons. The van der Waals surface area contributed by atoms with Gasteiger partial charge in [-0.2, -0.15) is 0 Å². The third-order valence-electron chi connectivity index (χ3n) is 15.4. The van der Waals surface area contributed by atoms with Crippen LogP contribution in [0.4, 0.5) is 9.93 Å². The number of thioether (sulfide) groups is 1. The van der Waals surface area contributed by atoms with Gasteiger partial charge in [0.05, 0.1) is 0 Å². The number of aromatic nitrogens is 1. The van der Waals surface area contributed by atoms with Crippen LogP contribution >= 0.6 is 23.1 Å². The van der Waals surface area contributed by atoms with Crippen LogP contribution < -0.4 is 15.5 Å². The Morgan fingerprint density at radius 2 is 1.12 bits per heavy atom. The molecule has 2 fully saturated rings. The van der Waals surface area contributed by atoms with Crippen LogP contribution in [0.1, 0.15) is 75.1 Å². The minimum absolute atomic E-state index is 0.180. The molecule has 2 N–H and O–H groups in total. The molecule has 3 aliphatic heterocycles. The SMILES string of the molecule is O=C(NC1C(=O)N2C(C(=O)OC(c3ccccc3)c3ccccc3)C(COC(=O)N3CCCC3)=CS[C@@H]12)C(=NOc1ccccc1C(c1ccccc1)c1ccccc1)c1csc(NC(c2ccccc2)(c2ccccc2)c2ccccc2)n1. The number of carbonyl (C=O) groups excluding carboxylic acids is 4. The zero-order chi connectivity index (χ0) is 57.2. The molecular formula is C69H58N6O7S2. The molecule has 12 rings (SSSR count). The molecule has 0 saturated carbocycles. The number of oxime groups is 1. The van der Waals surface area contributed by atoms with E-state index in [9.17, 15) is 14.4 Å². The molecule has 4 heterocycles. The number of hydrogen-bond donors (Lipinski definition) is 2. The third kappa shape index (κ3) is 11.5. The summed E-state index contributed by atoms with van der Waals surface area (Å²) in [4.78, 5) is 73.1. The van der Waals surface area contributed by atoms with Gasteiger partial charge in [0.1, 0.15) is 29.3 Å². The second-order valence-corrected chi connectivity index (χ2v) is 22.4. The van der Waals surface area contributed by atoms with Gasteiger partial charge < -0.3 is 34.7 Å². The van der Waals surface area contributed by atoms with Crippen molar-refractivity contribution >= 4 is 57.8 Å². The molecule has 8 aromatic carbocycles. The minimum Gasteiger partial charge on any atom is -0.451 e. The summed E-state index contributed by atoms with van der Waals surface area (Å²) >= 11 is 2.53. The van der Waals surface area contributed by atoms with Gasteiger partial charge in [0.15, 0.2) is 28.7 Å². The second kappa shape index (κ2) is 25.3. The Balaban J connectivity index is 0.898. The summed E-state index contributed by atoms with van der Waals surface area (Å²) in [5.41, 5.74) is 6.56. The van der Waals surface area contributed by atoms with Crippen molar-refractivity contribution in [2.75, 3.05) is 25.0 Å². The van der Waals surface area contributed by atoms with Gasteiger partial charge in [-0.25, -0.2) is 14.6 Å². The van der Waals surface area contributed by atoms with Crippen molar-refractivity contribution in [1.82, 2.24) is 20.1 Å². The number of likely N-dealkylation sites (tertiary alicyclic amines) is 1. The van der Waals surface area contributed by atoms with Crippen molar-refractivity contribution in [1.29, 1.82) is 0 Å². The number of nitrogens with zero attached hydrogens (tertiary/aromatic N) is 4. The van der Waals surface area contributed by atoms with E-state index in [0.717, 1.165) is 57.3 Å². The van der Waals surface area contributed by atoms with Crippen LogP contribution in [0.5, 0.6) is 5.75 Å². The molecule has 15 heteroatoms. The Hall–Kier alpha value is -9.57. The van der Waals surface area contributed by atoms with Crippen LogP contribution in [0.15, 0.2) is 258 Å². The van der Waals surface area contributed by atoms with E-state index in [1.807, 2.05) is 176 Å². The third-order valence-corrected chi connectivity index (χ3v) is 17.3. The van der Waals surface area contributed by atoms with Gasteiger partial charge in [-0.3, -0.25) is 9.59 Å². The first kappa shape index (κ1) is 55.0. The van der Waals surface area contributed by atoms with Crippen LogP contribution in [-0.4, -0.2) is 81.5 Å². The summed E-state index contributed by atoms with van der Waals surface area (Å²) in [7, 11) is 0. The van der Waals surface area contributed by atoms with Gasteiger partial charge in [0.25, 0.3) is 5.91 Å². The highest BCUT2D eigenvalue weighted by Gasteiger charge is 2.57. The minimum atomic E-state index is -1.29. The lowest BCUT2D eigenvalue weighted by atomic mass is 9.77. The summed E-state index contributed by atoms with van der Waals surface area (Å²) < 4.78 is 12.2. The molecule has 0 spiro atoms. The van der Waals surface area contributed by atoms with Crippen LogP contribution in [0.25, 0.3) is 0 Å². The Morgan fingerprint density at radius 1 is 0.631 bits per heavy atom. The van der Waals surface area contributed by atoms with E-state index in [4.69, 9.17) is 19.3 Å². The number of amides is 3. The number of benzene rings is 8. The van der Waals surface area contributed by atoms with E-state index in [1.54, 1.807) is 15.7 Å². The number of esters is 1. The summed E-state index contributed by atoms with van der Waals surface area (Å²) in [6, 6.07) is 74.5. The largest absolute Gasteiger partial charge is 0.451 e. The number of fused-ring (bicyclic) bond motifs is 1. The first-order valence-electron chi connectivity index (χ1n) is 27.9. The quantitative estimate of drug-likeness (QED) is 0.0263. The number of thiazole rings is 1. The van der Waals surface area contributed by atoms with Gasteiger partial charge in [-0.15, -0.1) is 23.1 Å². The monoisotopic (exact) mass is 1150 g/mol. The fourth-order valence-electron chi connectivity index (χ4n) is 11.3. The number of para-hydroxylation sites is 1. The molecule has 418 valence electrons. The molecule has 1 aromatic heterocycles. The topological polar surface area (TPSA) is 152 Å². The number of anilines is 1. The Kier molecular flexibility index (Phi) is 16.6. The lowest BCUT2D eigenvalue weighted by molar-refractivity contribution is -0.165. The van der Waals surface area contributed by atoms with E-state index in [2.05, 4.69) is 76.5 Å². The highest BCUT2D eigenvalue weighted by molar-refractivity contribution is 8.03. The first-order chi connectivity index (χ1) is 41.3. The molecule has 3 aliphatic rings. The van der Waals surface area contributed by atoms with Crippen molar-refractivity contribution < 1.29 is 33.5 Å². The van der Waals surface area contributed by atoms with Crippen molar-refractivity contribution in [3.8, 4) is 5.75 Å². The number of ether oxygens (including phenoxy) is 2. The Labute approximate surface area is 495 Å². The van der Waals surface area contributed by atoms with Crippen LogP contribution in [-0.2, 0) is 29.4 Å². The molecule has 3 atom stereocenters. The molecular weight excluding hydrogens is 1090 g/mol. The normalized spacial score (nSPS) is 16.7. The maximum atomic E-state index is 15.3. The predicted octanol–water partition coefficient (Wildman–Crippen LogP) is 12.7. The number of β-lactam (4-membered cyclic amide) rings is 1. The van der Waals surface area contributed by atoms with E-state index in [1.165, 1.54) is 28.0 Å². The van der Waals surface area contributed by atoms with Gasteiger partial charge in [-0.05, 0) is 63.3 Å². The predicted molar refractivity (Wildman–Crippen MR) is 327 cm³/mol. The van der Waals surface area contributed by atoms with E-state index in [0.29, 0.717) is 29.5 Å². The van der Waals surface area contributed by atoms with E-state index < -0.39 is 53.0 Å². The van der Waals surface area contributed by atoms with E-state index in [-0.39, 0.29) is 23.9 Å². The molecule has 0 aliphatic carbocycles. The van der Waals surface area contributed by atoms with Crippen molar-refractivity contribution in [3.05, 3.63) is 303 Å². The molecule has 9 aromatic rings. The van der Waals surface area contributed by atoms with Crippen LogP contribution in [0, 0.1) is 0 Å². The summed E-state index contributed by atoms with van der Waals surface area (Å²) in [5, 5.41) is 14.7. The van der Waals surface area contributed by atoms with Crippen molar-refractivity contribution in [3.63, 3.8) is 0 Å². The zero-order valence-corrected chi connectivity index (χ0v) is 47.2. The smallest absolute Gasteiger partial charge is 0.410 e. The van der Waals surface area contributed by atoms with E-state index >= 15 is 4.79 Å². The summed E-state index contributed by atoms with van der Waals surface area (Å²) in [5.74, 6) is -1.89. The number of hydrogen-bond acceptors (Lipinski definition) is 12. The Morgan fingerprint density at radius 3 is 1.65 bits per heavy atom. The lowest BCUT2D eigenvalue weighted by Gasteiger charge is -2.51. The molecule has 84 heavy (non-hydrogen) atoms. The van der Waals surface area contributed by atoms with Gasteiger partial charge >= 0.3 is 12.1 Å². The summed E-state index contributed by atoms with van der Waals surface area (Å²) in [6.45, 7) is 0.880. The summed E-state index contributed by atoms with van der Waals surface area (Å²) in [6.07, 6.45) is 0.404. The van der Waals surface area contributed by atoms with Crippen molar-refractivity contribution in [2.24, 2.45) is 5.16 Å². The maximum absolute atomic E-state index is 15.3. The lowest BCUT2D eigenvalue weighted by Crippen LogP contribution is -2.74. The zero-order valence-electron chi connectivity index (χ0n) is 45.6. The molecule has 2 unspecified atom stereocenters. The van der Waals surface area contributed by atoms with Crippen LogP contribution in [0.2, 0.25) is 0 Å². The standard InChI is InChI=1S/C69H58N6O7S2/c76-63(71-60-64(77)75-61(51(45-83-65(60)75)44-80-68(79)74-42-24-25-43-74)66(78)81-62(49-30-12-3-13-31-49)50-32-14-4-15-33-50)59(73-82-57-41-23-22-40-55(57)58(47-26-8-1-9-27-47)48-28-10-2-11-29-48)56-46-84-67(70-56)72-69(52-34-16-5-17-35-52,53-36-18-6-19-37-53)54-38-20-7-21-39-54/h1-23,26-41,45-46,58,60-62,65H,24-25,42-44H2,(H,70,72)(H,71,76)/t60?,61?,65-/m0/s1. The Bertz CT molecular complexity index is 3620. The molecule has 0 bridgehead atoms. The highest BCUT2D eigenvalue weighted by Crippen LogP contribution is 2.44. The molecule has 2 saturated heterocycles. The molecule has 3 amide bonds. The number of rotatable bonds is 19. The average molecular weight is 1150 g/mol. The fourth-order valence-corrected chi connectivity index (χ4v) is 13.2. The average Bonchev–Trinajstić information content (AvgIpc) is 2.90. The first-order valence-corrected chi connectivity index (χ1v) is 29.7. The molecule has 13 nitrogen and oxygen atoms in total. The van der Waals surface area contributed by atoms with Gasteiger partial charge in [-0.1, -0.05) is 236 Å². The number of nitrogens with one attached hydrogen (secondary N) is 2.